The summed E-state index contributed by atoms with van der Waals surface area (Å²) in [6.07, 6.45) is 0. The minimum atomic E-state index is -1.20. The monoisotopic (exact) mass is 294 g/mol. The molecule has 2 heterocycles. The number of thiazole rings is 1. The van der Waals surface area contributed by atoms with Gasteiger partial charge in [-0.05, 0) is 32.9 Å². The van der Waals surface area contributed by atoms with Gasteiger partial charge in [0.25, 0.3) is 5.91 Å². The second-order valence-electron chi connectivity index (χ2n) is 4.35. The Bertz CT molecular complexity index is 659. The van der Waals surface area contributed by atoms with Crippen molar-refractivity contribution in [3.8, 4) is 0 Å². The van der Waals surface area contributed by atoms with Crippen molar-refractivity contribution >= 4 is 23.2 Å². The third-order valence-corrected chi connectivity index (χ3v) is 3.98. The molecular formula is C13H14N2O4S. The van der Waals surface area contributed by atoms with Crippen molar-refractivity contribution in [3.05, 3.63) is 39.2 Å². The Balaban J connectivity index is 2.10. The quantitative estimate of drug-likeness (QED) is 0.904. The molecule has 0 aromatic carbocycles. The normalized spacial score (nSPS) is 12.2. The molecule has 0 aliphatic carbocycles. The number of hydrogen-bond acceptors (Lipinski definition) is 5. The maximum absolute atomic E-state index is 12.0. The molecule has 2 rings (SSSR count). The zero-order valence-electron chi connectivity index (χ0n) is 11.3. The smallest absolute Gasteiger partial charge is 0.371 e. The average Bonchev–Trinajstić information content (AvgIpc) is 2.95. The maximum atomic E-state index is 12.0. The van der Waals surface area contributed by atoms with Gasteiger partial charge in [-0.1, -0.05) is 0 Å². The van der Waals surface area contributed by atoms with Gasteiger partial charge in [-0.2, -0.15) is 0 Å². The first-order valence-corrected chi connectivity index (χ1v) is 6.78. The summed E-state index contributed by atoms with van der Waals surface area (Å²) in [5.74, 6) is -1.93. The summed E-state index contributed by atoms with van der Waals surface area (Å²) in [5, 5.41) is 12.4. The predicted molar refractivity (Wildman–Crippen MR) is 73.1 cm³/mol. The van der Waals surface area contributed by atoms with Crippen LogP contribution in [0.3, 0.4) is 0 Å². The molecule has 0 radical (unpaired) electrons. The van der Waals surface area contributed by atoms with Gasteiger partial charge in [0, 0.05) is 4.88 Å². The standard InChI is InChI=1S/C13H14N2O4S/c1-6-11(20-8(3)14-6)7(2)15-12(16)9-4-5-10(19-9)13(17)18/h4-5,7H,1-3H3,(H,15,16)(H,17,18). The van der Waals surface area contributed by atoms with Gasteiger partial charge in [0.1, 0.15) is 0 Å². The van der Waals surface area contributed by atoms with Crippen molar-refractivity contribution in [1.82, 2.24) is 10.3 Å². The molecule has 1 atom stereocenters. The highest BCUT2D eigenvalue weighted by Crippen LogP contribution is 2.24. The number of carbonyl (C=O) groups is 2. The molecule has 0 aliphatic heterocycles. The second-order valence-corrected chi connectivity index (χ2v) is 5.58. The van der Waals surface area contributed by atoms with Crippen LogP contribution in [0.5, 0.6) is 0 Å². The lowest BCUT2D eigenvalue weighted by Crippen LogP contribution is -2.26. The van der Waals surface area contributed by atoms with E-state index in [2.05, 4.69) is 10.3 Å². The summed E-state index contributed by atoms with van der Waals surface area (Å²) in [7, 11) is 0. The van der Waals surface area contributed by atoms with Crippen LogP contribution in [0.4, 0.5) is 0 Å². The van der Waals surface area contributed by atoms with E-state index in [0.717, 1.165) is 15.6 Å². The molecule has 6 nitrogen and oxygen atoms in total. The Labute approximate surface area is 119 Å². The maximum Gasteiger partial charge on any atom is 0.371 e. The van der Waals surface area contributed by atoms with E-state index >= 15 is 0 Å². The summed E-state index contributed by atoms with van der Waals surface area (Å²) >= 11 is 1.52. The first-order chi connectivity index (χ1) is 9.38. The fourth-order valence-electron chi connectivity index (χ4n) is 1.86. The number of aromatic nitrogens is 1. The first kappa shape index (κ1) is 14.3. The summed E-state index contributed by atoms with van der Waals surface area (Å²) < 4.78 is 4.96. The highest BCUT2D eigenvalue weighted by molar-refractivity contribution is 7.11. The van der Waals surface area contributed by atoms with Gasteiger partial charge in [0.15, 0.2) is 5.76 Å². The lowest BCUT2D eigenvalue weighted by Gasteiger charge is -2.11. The van der Waals surface area contributed by atoms with E-state index in [1.165, 1.54) is 23.5 Å². The molecule has 0 bridgehead atoms. The van der Waals surface area contributed by atoms with E-state index < -0.39 is 11.9 Å². The number of carboxylic acids is 1. The fraction of sp³-hybridized carbons (Fsp3) is 0.308. The topological polar surface area (TPSA) is 92.4 Å². The Morgan fingerprint density at radius 3 is 2.50 bits per heavy atom. The number of aryl methyl sites for hydroxylation is 2. The molecule has 2 N–H and O–H groups in total. The van der Waals surface area contributed by atoms with Gasteiger partial charge in [-0.15, -0.1) is 11.3 Å². The number of furan rings is 1. The van der Waals surface area contributed by atoms with Crippen molar-refractivity contribution < 1.29 is 19.1 Å². The Hall–Kier alpha value is -2.15. The van der Waals surface area contributed by atoms with Gasteiger partial charge in [-0.25, -0.2) is 9.78 Å². The second kappa shape index (κ2) is 5.46. The van der Waals surface area contributed by atoms with E-state index in [4.69, 9.17) is 9.52 Å². The van der Waals surface area contributed by atoms with Crippen LogP contribution in [0.25, 0.3) is 0 Å². The minimum Gasteiger partial charge on any atom is -0.475 e. The zero-order valence-corrected chi connectivity index (χ0v) is 12.1. The number of aromatic carboxylic acids is 1. The minimum absolute atomic E-state index is 0.0202. The third kappa shape index (κ3) is 2.88. The molecule has 106 valence electrons. The van der Waals surface area contributed by atoms with Crippen molar-refractivity contribution in [2.45, 2.75) is 26.8 Å². The fourth-order valence-corrected chi connectivity index (χ4v) is 2.79. The van der Waals surface area contributed by atoms with E-state index in [1.807, 2.05) is 20.8 Å². The van der Waals surface area contributed by atoms with Gasteiger partial charge in [-0.3, -0.25) is 4.79 Å². The van der Waals surface area contributed by atoms with E-state index in [9.17, 15) is 9.59 Å². The summed E-state index contributed by atoms with van der Waals surface area (Å²) in [5.41, 5.74) is 0.881. The summed E-state index contributed by atoms with van der Waals surface area (Å²) in [4.78, 5) is 27.9. The van der Waals surface area contributed by atoms with Gasteiger partial charge in [0.2, 0.25) is 5.76 Å². The van der Waals surface area contributed by atoms with Crippen LogP contribution in [-0.2, 0) is 0 Å². The van der Waals surface area contributed by atoms with Crippen molar-refractivity contribution in [1.29, 1.82) is 0 Å². The number of nitrogens with one attached hydrogen (secondary N) is 1. The first-order valence-electron chi connectivity index (χ1n) is 5.96. The van der Waals surface area contributed by atoms with Crippen LogP contribution in [0.15, 0.2) is 16.5 Å². The zero-order chi connectivity index (χ0) is 14.9. The molecule has 1 unspecified atom stereocenters. The van der Waals surface area contributed by atoms with Crippen molar-refractivity contribution in [3.63, 3.8) is 0 Å². The van der Waals surface area contributed by atoms with Crippen LogP contribution in [-0.4, -0.2) is 22.0 Å². The van der Waals surface area contributed by atoms with Gasteiger partial charge < -0.3 is 14.8 Å². The van der Waals surface area contributed by atoms with E-state index in [-0.39, 0.29) is 17.6 Å². The third-order valence-electron chi connectivity index (χ3n) is 2.72. The number of carboxylic acid groups (broad SMARTS) is 1. The summed E-state index contributed by atoms with van der Waals surface area (Å²) in [6, 6.07) is 2.38. The van der Waals surface area contributed by atoms with Crippen LogP contribution < -0.4 is 5.32 Å². The molecule has 0 saturated heterocycles. The van der Waals surface area contributed by atoms with Crippen molar-refractivity contribution in [2.75, 3.05) is 0 Å². The number of amides is 1. The molecule has 0 aliphatic rings. The molecule has 7 heteroatoms. The van der Waals surface area contributed by atoms with Crippen LogP contribution in [0.2, 0.25) is 0 Å². The molecule has 0 saturated carbocycles. The molecule has 2 aromatic heterocycles. The molecule has 20 heavy (non-hydrogen) atoms. The predicted octanol–water partition coefficient (Wildman–Crippen LogP) is 2.54. The number of rotatable bonds is 4. The molecular weight excluding hydrogens is 280 g/mol. The highest BCUT2D eigenvalue weighted by atomic mass is 32.1. The van der Waals surface area contributed by atoms with Crippen LogP contribution >= 0.6 is 11.3 Å². The number of hydrogen-bond donors (Lipinski definition) is 2. The molecule has 2 aromatic rings. The summed E-state index contributed by atoms with van der Waals surface area (Å²) in [6.45, 7) is 5.64. The average molecular weight is 294 g/mol. The lowest BCUT2D eigenvalue weighted by atomic mass is 10.2. The Morgan fingerprint density at radius 2 is 2.00 bits per heavy atom. The molecule has 1 amide bonds. The van der Waals surface area contributed by atoms with Gasteiger partial charge >= 0.3 is 5.97 Å². The van der Waals surface area contributed by atoms with Crippen LogP contribution in [0, 0.1) is 13.8 Å². The molecule has 0 fully saturated rings. The van der Waals surface area contributed by atoms with Crippen molar-refractivity contribution in [2.24, 2.45) is 0 Å². The lowest BCUT2D eigenvalue weighted by molar-refractivity contribution is 0.0659. The number of carbonyl (C=O) groups excluding carboxylic acids is 1. The van der Waals surface area contributed by atoms with E-state index in [0.29, 0.717) is 0 Å². The largest absolute Gasteiger partial charge is 0.475 e. The Kier molecular flexibility index (Phi) is 3.89. The highest BCUT2D eigenvalue weighted by Gasteiger charge is 2.19. The van der Waals surface area contributed by atoms with E-state index in [1.54, 1.807) is 0 Å². The van der Waals surface area contributed by atoms with Gasteiger partial charge in [0.05, 0.1) is 16.7 Å². The Morgan fingerprint density at radius 1 is 1.35 bits per heavy atom. The number of nitrogens with zero attached hydrogens (tertiary/aromatic N) is 1. The molecule has 0 spiro atoms. The SMILES string of the molecule is Cc1nc(C)c(C(C)NC(=O)c2ccc(C(=O)O)o2)s1. The van der Waals surface area contributed by atoms with Crippen LogP contribution in [0.1, 0.15) is 49.7 Å².